The predicted octanol–water partition coefficient (Wildman–Crippen LogP) is 2.80. The maximum atomic E-state index is 12.8. The van der Waals surface area contributed by atoms with E-state index in [1.807, 2.05) is 68.1 Å². The van der Waals surface area contributed by atoms with E-state index in [4.69, 9.17) is 4.99 Å². The number of rotatable bonds is 3. The fraction of sp³-hybridized carbons (Fsp3) is 0.318. The molecule has 1 fully saturated rings. The topological polar surface area (TPSA) is 65.0 Å². The molecule has 1 heterocycles. The molecule has 6 nitrogen and oxygen atoms in total. The molecule has 0 saturated carbocycles. The van der Waals surface area contributed by atoms with Crippen LogP contribution in [0.25, 0.3) is 0 Å². The van der Waals surface area contributed by atoms with Gasteiger partial charge in [0.15, 0.2) is 0 Å². The number of nitrogens with one attached hydrogen (secondary N) is 1. The molecule has 0 radical (unpaired) electrons. The average Bonchev–Trinajstić information content (AvgIpc) is 2.70. The van der Waals surface area contributed by atoms with Crippen LogP contribution in [0.15, 0.2) is 47.5 Å². The van der Waals surface area contributed by atoms with Crippen molar-refractivity contribution in [3.05, 3.63) is 64.7 Å². The van der Waals surface area contributed by atoms with Gasteiger partial charge in [-0.05, 0) is 50.1 Å². The van der Waals surface area contributed by atoms with Crippen LogP contribution in [0.3, 0.4) is 0 Å². The van der Waals surface area contributed by atoms with Crippen LogP contribution in [0.5, 0.6) is 0 Å². The van der Waals surface area contributed by atoms with Gasteiger partial charge in [-0.15, -0.1) is 0 Å². The molecular weight excluding hydrogens is 352 g/mol. The van der Waals surface area contributed by atoms with Crippen molar-refractivity contribution in [1.82, 2.24) is 15.1 Å². The third kappa shape index (κ3) is 4.76. The summed E-state index contributed by atoms with van der Waals surface area (Å²) >= 11 is 0. The van der Waals surface area contributed by atoms with Gasteiger partial charge in [0.05, 0.1) is 5.69 Å². The van der Waals surface area contributed by atoms with E-state index in [-0.39, 0.29) is 5.91 Å². The van der Waals surface area contributed by atoms with Crippen molar-refractivity contribution in [2.75, 3.05) is 26.2 Å². The zero-order valence-electron chi connectivity index (χ0n) is 16.6. The van der Waals surface area contributed by atoms with Crippen LogP contribution in [0, 0.1) is 20.8 Å². The zero-order valence-corrected chi connectivity index (χ0v) is 16.6. The summed E-state index contributed by atoms with van der Waals surface area (Å²) < 4.78 is 0. The maximum absolute atomic E-state index is 12.8. The molecule has 3 rings (SSSR count). The van der Waals surface area contributed by atoms with Crippen molar-refractivity contribution in [3.8, 4) is 0 Å². The Morgan fingerprint density at radius 3 is 2.25 bits per heavy atom. The first-order chi connectivity index (χ1) is 13.5. The lowest BCUT2D eigenvalue weighted by Crippen LogP contribution is -2.53. The van der Waals surface area contributed by atoms with Gasteiger partial charge in [-0.1, -0.05) is 29.8 Å². The third-order valence-electron chi connectivity index (χ3n) is 4.89. The summed E-state index contributed by atoms with van der Waals surface area (Å²) in [6.07, 6.45) is 0.865. The van der Waals surface area contributed by atoms with Gasteiger partial charge in [-0.2, -0.15) is 0 Å². The smallest absolute Gasteiger partial charge is 0.257 e. The molecule has 1 aliphatic rings. The Bertz CT molecular complexity index is 882. The van der Waals surface area contributed by atoms with Crippen LogP contribution in [0.1, 0.15) is 27.0 Å². The van der Waals surface area contributed by atoms with Crippen LogP contribution in [-0.4, -0.2) is 54.3 Å². The lowest BCUT2D eigenvalue weighted by atomic mass is 10.1. The normalized spacial score (nSPS) is 14.8. The average molecular weight is 378 g/mol. The Balaban J connectivity index is 1.88. The fourth-order valence-electron chi connectivity index (χ4n) is 3.05. The molecule has 2 aromatic carbocycles. The Hall–Kier alpha value is -3.15. The van der Waals surface area contributed by atoms with Crippen molar-refractivity contribution in [1.29, 1.82) is 0 Å². The standard InChI is InChI=1S/C22H26N4O2/c1-16-5-8-19(9-6-16)21(28)24-22(26-12-10-25(15-27)11-13-26)23-20-14-17(2)4-7-18(20)3/h4-9,14-15H,10-13H2,1-3H3,(H,23,24,28). The monoisotopic (exact) mass is 378 g/mol. The fourth-order valence-corrected chi connectivity index (χ4v) is 3.05. The van der Waals surface area contributed by atoms with Crippen molar-refractivity contribution < 1.29 is 9.59 Å². The van der Waals surface area contributed by atoms with Gasteiger partial charge in [0.25, 0.3) is 5.91 Å². The van der Waals surface area contributed by atoms with Crippen LogP contribution in [0.2, 0.25) is 0 Å². The van der Waals surface area contributed by atoms with Crippen LogP contribution in [-0.2, 0) is 4.79 Å². The second-order valence-electron chi connectivity index (χ2n) is 7.17. The second-order valence-corrected chi connectivity index (χ2v) is 7.17. The minimum atomic E-state index is -0.193. The maximum Gasteiger partial charge on any atom is 0.257 e. The highest BCUT2D eigenvalue weighted by atomic mass is 16.2. The van der Waals surface area contributed by atoms with E-state index in [1.165, 1.54) is 0 Å². The largest absolute Gasteiger partial charge is 0.342 e. The Labute approximate surface area is 165 Å². The summed E-state index contributed by atoms with van der Waals surface area (Å²) in [6.45, 7) is 8.47. The number of carbonyl (C=O) groups is 2. The molecule has 1 saturated heterocycles. The lowest BCUT2D eigenvalue weighted by Gasteiger charge is -2.34. The molecule has 0 bridgehead atoms. The molecule has 6 heteroatoms. The molecule has 1 aliphatic heterocycles. The number of carbonyl (C=O) groups excluding carboxylic acids is 2. The van der Waals surface area contributed by atoms with Gasteiger partial charge in [0, 0.05) is 31.7 Å². The van der Waals surface area contributed by atoms with Gasteiger partial charge in [-0.3, -0.25) is 14.9 Å². The molecule has 0 unspecified atom stereocenters. The summed E-state index contributed by atoms with van der Waals surface area (Å²) in [6, 6.07) is 13.5. The summed E-state index contributed by atoms with van der Waals surface area (Å²) in [5, 5.41) is 2.98. The molecule has 28 heavy (non-hydrogen) atoms. The number of hydrogen-bond donors (Lipinski definition) is 1. The van der Waals surface area contributed by atoms with Gasteiger partial charge in [0.1, 0.15) is 0 Å². The predicted molar refractivity (Wildman–Crippen MR) is 111 cm³/mol. The van der Waals surface area contributed by atoms with E-state index in [1.54, 1.807) is 4.90 Å². The number of hydrogen-bond acceptors (Lipinski definition) is 3. The molecule has 0 atom stereocenters. The van der Waals surface area contributed by atoms with E-state index < -0.39 is 0 Å². The number of piperazine rings is 1. The first-order valence-corrected chi connectivity index (χ1v) is 9.44. The quantitative estimate of drug-likeness (QED) is 0.507. The molecule has 2 aromatic rings. The third-order valence-corrected chi connectivity index (χ3v) is 4.89. The number of amides is 2. The SMILES string of the molecule is Cc1ccc(C(=O)NC(=Nc2cc(C)ccc2C)N2CCN(C=O)CC2)cc1. The molecule has 1 N–H and O–H groups in total. The van der Waals surface area contributed by atoms with E-state index in [0.29, 0.717) is 37.7 Å². The van der Waals surface area contributed by atoms with E-state index in [0.717, 1.165) is 28.8 Å². The summed E-state index contributed by atoms with van der Waals surface area (Å²) in [5.74, 6) is 0.326. The number of aryl methyl sites for hydroxylation is 3. The highest BCUT2D eigenvalue weighted by Gasteiger charge is 2.21. The molecule has 0 spiro atoms. The minimum Gasteiger partial charge on any atom is -0.342 e. The Morgan fingerprint density at radius 1 is 0.964 bits per heavy atom. The van der Waals surface area contributed by atoms with E-state index in [2.05, 4.69) is 5.32 Å². The number of nitrogens with zero attached hydrogens (tertiary/aromatic N) is 3. The second kappa shape index (κ2) is 8.69. The number of benzene rings is 2. The van der Waals surface area contributed by atoms with Crippen molar-refractivity contribution >= 4 is 24.0 Å². The van der Waals surface area contributed by atoms with Crippen molar-refractivity contribution in [2.24, 2.45) is 4.99 Å². The van der Waals surface area contributed by atoms with Gasteiger partial charge in [-0.25, -0.2) is 4.99 Å². The molecular formula is C22H26N4O2. The molecule has 0 aromatic heterocycles. The zero-order chi connectivity index (χ0) is 20.1. The van der Waals surface area contributed by atoms with Crippen LogP contribution < -0.4 is 5.32 Å². The van der Waals surface area contributed by atoms with Gasteiger partial charge >= 0.3 is 0 Å². The van der Waals surface area contributed by atoms with E-state index >= 15 is 0 Å². The van der Waals surface area contributed by atoms with E-state index in [9.17, 15) is 9.59 Å². The molecule has 2 amide bonds. The lowest BCUT2D eigenvalue weighted by molar-refractivity contribution is -0.119. The summed E-state index contributed by atoms with van der Waals surface area (Å²) in [5.41, 5.74) is 4.67. The summed E-state index contributed by atoms with van der Waals surface area (Å²) in [7, 11) is 0. The molecule has 0 aliphatic carbocycles. The van der Waals surface area contributed by atoms with Crippen molar-refractivity contribution in [2.45, 2.75) is 20.8 Å². The highest BCUT2D eigenvalue weighted by molar-refractivity contribution is 6.06. The Morgan fingerprint density at radius 2 is 1.61 bits per heavy atom. The van der Waals surface area contributed by atoms with Crippen LogP contribution >= 0.6 is 0 Å². The van der Waals surface area contributed by atoms with Gasteiger partial charge < -0.3 is 9.80 Å². The molecule has 146 valence electrons. The number of aliphatic imine (C=N–C) groups is 1. The van der Waals surface area contributed by atoms with Gasteiger partial charge in [0.2, 0.25) is 12.4 Å². The minimum absolute atomic E-state index is 0.193. The number of guanidine groups is 1. The Kier molecular flexibility index (Phi) is 6.09. The van der Waals surface area contributed by atoms with Crippen molar-refractivity contribution in [3.63, 3.8) is 0 Å². The van der Waals surface area contributed by atoms with Crippen LogP contribution in [0.4, 0.5) is 5.69 Å². The first kappa shape index (κ1) is 19.6. The first-order valence-electron chi connectivity index (χ1n) is 9.44. The highest BCUT2D eigenvalue weighted by Crippen LogP contribution is 2.20. The summed E-state index contributed by atoms with van der Waals surface area (Å²) in [4.78, 5) is 32.3.